The Labute approximate surface area is 118 Å². The van der Waals surface area contributed by atoms with Crippen molar-refractivity contribution in [2.75, 3.05) is 20.3 Å². The molecule has 2 aromatic rings. The monoisotopic (exact) mass is 270 g/mol. The molecule has 20 heavy (non-hydrogen) atoms. The maximum Gasteiger partial charge on any atom is 0.137 e. The topological polar surface area (TPSA) is 43.4 Å². The minimum Gasteiger partial charge on any atom is -0.493 e. The van der Waals surface area contributed by atoms with Crippen molar-refractivity contribution in [1.29, 1.82) is 0 Å². The van der Waals surface area contributed by atoms with Crippen LogP contribution in [0.1, 0.15) is 17.2 Å². The second-order valence-corrected chi connectivity index (χ2v) is 4.87. The zero-order chi connectivity index (χ0) is 13.8. The maximum absolute atomic E-state index is 5.82. The Morgan fingerprint density at radius 3 is 3.00 bits per heavy atom. The van der Waals surface area contributed by atoms with E-state index in [4.69, 9.17) is 9.47 Å². The SMILES string of the molecule is CNCc1ccc(OCC2COc3ccccc32)cn1. The molecule has 1 unspecified atom stereocenters. The van der Waals surface area contributed by atoms with Gasteiger partial charge in [0.25, 0.3) is 0 Å². The van der Waals surface area contributed by atoms with Gasteiger partial charge in [0, 0.05) is 12.1 Å². The Kier molecular flexibility index (Phi) is 3.83. The Hall–Kier alpha value is -2.07. The summed E-state index contributed by atoms with van der Waals surface area (Å²) in [5.74, 6) is 2.07. The summed E-state index contributed by atoms with van der Waals surface area (Å²) in [5.41, 5.74) is 2.24. The third-order valence-electron chi connectivity index (χ3n) is 3.41. The summed E-state index contributed by atoms with van der Waals surface area (Å²) < 4.78 is 11.5. The highest BCUT2D eigenvalue weighted by Gasteiger charge is 2.24. The molecule has 1 aliphatic rings. The van der Waals surface area contributed by atoms with E-state index in [0.29, 0.717) is 19.1 Å². The van der Waals surface area contributed by atoms with E-state index in [9.17, 15) is 0 Å². The number of fused-ring (bicyclic) bond motifs is 1. The summed E-state index contributed by atoms with van der Waals surface area (Å²) in [6, 6.07) is 12.1. The van der Waals surface area contributed by atoms with E-state index in [2.05, 4.69) is 16.4 Å². The van der Waals surface area contributed by atoms with Crippen molar-refractivity contribution >= 4 is 0 Å². The predicted octanol–water partition coefficient (Wildman–Crippen LogP) is 2.36. The van der Waals surface area contributed by atoms with Crippen molar-refractivity contribution in [3.05, 3.63) is 53.9 Å². The highest BCUT2D eigenvalue weighted by molar-refractivity contribution is 5.39. The molecular formula is C16H18N2O2. The molecule has 1 aromatic carbocycles. The fourth-order valence-corrected chi connectivity index (χ4v) is 2.35. The molecule has 0 saturated carbocycles. The number of nitrogens with one attached hydrogen (secondary N) is 1. The highest BCUT2D eigenvalue weighted by Crippen LogP contribution is 2.33. The number of benzene rings is 1. The lowest BCUT2D eigenvalue weighted by Crippen LogP contribution is -2.12. The van der Waals surface area contributed by atoms with E-state index in [1.807, 2.05) is 37.4 Å². The lowest BCUT2D eigenvalue weighted by molar-refractivity contribution is 0.247. The van der Waals surface area contributed by atoms with E-state index in [-0.39, 0.29) is 0 Å². The fraction of sp³-hybridized carbons (Fsp3) is 0.312. The standard InChI is InChI=1S/C16H18N2O2/c1-17-8-13-6-7-14(9-18-13)19-10-12-11-20-16-5-3-2-4-15(12)16/h2-7,9,12,17H,8,10-11H2,1H3. The van der Waals surface area contributed by atoms with Crippen LogP contribution in [0.25, 0.3) is 0 Å². The number of aromatic nitrogens is 1. The molecule has 0 aliphatic carbocycles. The zero-order valence-electron chi connectivity index (χ0n) is 11.5. The quantitative estimate of drug-likeness (QED) is 0.905. The molecule has 1 aliphatic heterocycles. The van der Waals surface area contributed by atoms with Gasteiger partial charge in [-0.05, 0) is 25.2 Å². The van der Waals surface area contributed by atoms with E-state index < -0.39 is 0 Å². The third-order valence-corrected chi connectivity index (χ3v) is 3.41. The number of rotatable bonds is 5. The first-order chi connectivity index (χ1) is 9.86. The summed E-state index contributed by atoms with van der Waals surface area (Å²) in [6.07, 6.45) is 1.77. The summed E-state index contributed by atoms with van der Waals surface area (Å²) in [4.78, 5) is 4.34. The number of nitrogens with zero attached hydrogens (tertiary/aromatic N) is 1. The van der Waals surface area contributed by atoms with Crippen LogP contribution in [0.3, 0.4) is 0 Å². The second kappa shape index (κ2) is 5.92. The van der Waals surface area contributed by atoms with E-state index in [0.717, 1.165) is 23.7 Å². The van der Waals surface area contributed by atoms with Crippen molar-refractivity contribution in [2.24, 2.45) is 0 Å². The minimum absolute atomic E-state index is 0.295. The molecule has 0 saturated heterocycles. The van der Waals surface area contributed by atoms with Crippen LogP contribution in [0.15, 0.2) is 42.6 Å². The van der Waals surface area contributed by atoms with Crippen LogP contribution in [-0.4, -0.2) is 25.2 Å². The summed E-state index contributed by atoms with van der Waals surface area (Å²) >= 11 is 0. The van der Waals surface area contributed by atoms with Gasteiger partial charge in [-0.3, -0.25) is 4.98 Å². The maximum atomic E-state index is 5.82. The fourth-order valence-electron chi connectivity index (χ4n) is 2.35. The number of para-hydroxylation sites is 1. The summed E-state index contributed by atoms with van der Waals surface area (Å²) in [5, 5.41) is 3.07. The molecule has 0 spiro atoms. The number of pyridine rings is 1. The average molecular weight is 270 g/mol. The first-order valence-corrected chi connectivity index (χ1v) is 6.81. The lowest BCUT2D eigenvalue weighted by atomic mass is 10.0. The van der Waals surface area contributed by atoms with Crippen molar-refractivity contribution in [1.82, 2.24) is 10.3 Å². The zero-order valence-corrected chi connectivity index (χ0v) is 11.5. The van der Waals surface area contributed by atoms with Gasteiger partial charge in [-0.25, -0.2) is 0 Å². The Bertz CT molecular complexity index is 569. The largest absolute Gasteiger partial charge is 0.493 e. The van der Waals surface area contributed by atoms with Gasteiger partial charge in [-0.2, -0.15) is 0 Å². The Morgan fingerprint density at radius 2 is 2.20 bits per heavy atom. The molecule has 0 radical (unpaired) electrons. The molecule has 0 bridgehead atoms. The summed E-state index contributed by atoms with van der Waals surface area (Å²) in [6.45, 7) is 2.07. The van der Waals surface area contributed by atoms with Gasteiger partial charge in [0.05, 0.1) is 31.0 Å². The van der Waals surface area contributed by atoms with Gasteiger partial charge in [0.2, 0.25) is 0 Å². The molecule has 104 valence electrons. The van der Waals surface area contributed by atoms with Crippen LogP contribution in [0.5, 0.6) is 11.5 Å². The Balaban J connectivity index is 1.60. The summed E-state index contributed by atoms with van der Waals surface area (Å²) in [7, 11) is 1.91. The molecule has 2 heterocycles. The first-order valence-electron chi connectivity index (χ1n) is 6.81. The van der Waals surface area contributed by atoms with Gasteiger partial charge in [0.1, 0.15) is 11.5 Å². The van der Waals surface area contributed by atoms with E-state index >= 15 is 0 Å². The van der Waals surface area contributed by atoms with Crippen molar-refractivity contribution in [3.63, 3.8) is 0 Å². The van der Waals surface area contributed by atoms with Gasteiger partial charge < -0.3 is 14.8 Å². The third kappa shape index (κ3) is 2.75. The normalized spacial score (nSPS) is 16.6. The average Bonchev–Trinajstić information content (AvgIpc) is 2.90. The van der Waals surface area contributed by atoms with Crippen LogP contribution in [-0.2, 0) is 6.54 Å². The molecule has 1 atom stereocenters. The van der Waals surface area contributed by atoms with Gasteiger partial charge in [-0.1, -0.05) is 18.2 Å². The van der Waals surface area contributed by atoms with Crippen molar-refractivity contribution < 1.29 is 9.47 Å². The van der Waals surface area contributed by atoms with E-state index in [1.165, 1.54) is 5.56 Å². The van der Waals surface area contributed by atoms with Crippen LogP contribution in [0.2, 0.25) is 0 Å². The number of hydrogen-bond donors (Lipinski definition) is 1. The first kappa shape index (κ1) is 12.9. The number of hydrogen-bond acceptors (Lipinski definition) is 4. The van der Waals surface area contributed by atoms with Gasteiger partial charge >= 0.3 is 0 Å². The molecule has 0 fully saturated rings. The van der Waals surface area contributed by atoms with Crippen LogP contribution in [0, 0.1) is 0 Å². The van der Waals surface area contributed by atoms with Crippen LogP contribution in [0.4, 0.5) is 0 Å². The second-order valence-electron chi connectivity index (χ2n) is 4.87. The number of ether oxygens (including phenoxy) is 2. The molecular weight excluding hydrogens is 252 g/mol. The smallest absolute Gasteiger partial charge is 0.137 e. The molecule has 4 nitrogen and oxygen atoms in total. The molecule has 1 aromatic heterocycles. The predicted molar refractivity (Wildman–Crippen MR) is 77.2 cm³/mol. The van der Waals surface area contributed by atoms with Gasteiger partial charge in [0.15, 0.2) is 0 Å². The molecule has 0 amide bonds. The highest BCUT2D eigenvalue weighted by atomic mass is 16.5. The van der Waals surface area contributed by atoms with Crippen LogP contribution < -0.4 is 14.8 Å². The molecule has 1 N–H and O–H groups in total. The lowest BCUT2D eigenvalue weighted by Gasteiger charge is -2.11. The minimum atomic E-state index is 0.295. The molecule has 4 heteroatoms. The van der Waals surface area contributed by atoms with Gasteiger partial charge in [-0.15, -0.1) is 0 Å². The van der Waals surface area contributed by atoms with Crippen LogP contribution >= 0.6 is 0 Å². The van der Waals surface area contributed by atoms with Crippen molar-refractivity contribution in [3.8, 4) is 11.5 Å². The van der Waals surface area contributed by atoms with Crippen molar-refractivity contribution in [2.45, 2.75) is 12.5 Å². The molecule has 3 rings (SSSR count). The Morgan fingerprint density at radius 1 is 1.30 bits per heavy atom. The van der Waals surface area contributed by atoms with E-state index in [1.54, 1.807) is 6.20 Å².